The van der Waals surface area contributed by atoms with Crippen molar-refractivity contribution >= 4 is 0 Å². The molecule has 0 saturated carbocycles. The Morgan fingerprint density at radius 2 is 2.18 bits per heavy atom. The maximum Gasteiger partial charge on any atom is 0.255 e. The van der Waals surface area contributed by atoms with Crippen molar-refractivity contribution in [3.8, 4) is 5.75 Å². The molecule has 0 fully saturated rings. The van der Waals surface area contributed by atoms with Gasteiger partial charge in [0, 0.05) is 26.1 Å². The van der Waals surface area contributed by atoms with Gasteiger partial charge in [0.05, 0.1) is 18.4 Å². The van der Waals surface area contributed by atoms with Crippen LogP contribution < -0.4 is 10.3 Å². The molecule has 0 bridgehead atoms. The number of nitrogens with one attached hydrogen (secondary N) is 1. The fourth-order valence-corrected chi connectivity index (χ4v) is 2.95. The van der Waals surface area contributed by atoms with Crippen molar-refractivity contribution < 1.29 is 4.74 Å². The molecule has 1 aliphatic heterocycles. The number of benzene rings is 1. The number of nitrogens with zero attached hydrogens (tertiary/aromatic N) is 2. The first-order valence-electron chi connectivity index (χ1n) is 7.51. The van der Waals surface area contributed by atoms with Crippen LogP contribution in [-0.4, -0.2) is 28.5 Å². The number of fused-ring (bicyclic) bond motifs is 1. The van der Waals surface area contributed by atoms with Crippen LogP contribution in [0, 0.1) is 13.8 Å². The van der Waals surface area contributed by atoms with Gasteiger partial charge in [-0.3, -0.25) is 9.69 Å². The molecule has 0 amide bonds. The summed E-state index contributed by atoms with van der Waals surface area (Å²) < 4.78 is 5.25. The number of hydrogen-bond acceptors (Lipinski definition) is 4. The predicted molar refractivity (Wildman–Crippen MR) is 85.1 cm³/mol. The van der Waals surface area contributed by atoms with E-state index >= 15 is 0 Å². The van der Waals surface area contributed by atoms with Gasteiger partial charge in [-0.25, -0.2) is 4.98 Å². The summed E-state index contributed by atoms with van der Waals surface area (Å²) in [6.07, 6.45) is 0.829. The zero-order valence-corrected chi connectivity index (χ0v) is 13.3. The zero-order valence-electron chi connectivity index (χ0n) is 13.3. The molecule has 1 aromatic heterocycles. The minimum absolute atomic E-state index is 0.00125. The van der Waals surface area contributed by atoms with Crippen LogP contribution in [0.3, 0.4) is 0 Å². The maximum atomic E-state index is 12.1. The molecule has 5 nitrogen and oxygen atoms in total. The molecule has 1 aromatic carbocycles. The minimum Gasteiger partial charge on any atom is -0.497 e. The SMILES string of the molecule is COc1ccc(CN2CCc3nc(C)[nH]c(=O)c3C2)c(C)c1. The zero-order chi connectivity index (χ0) is 15.7. The molecule has 2 aromatic rings. The second-order valence-electron chi connectivity index (χ2n) is 5.83. The number of aryl methyl sites for hydroxylation is 2. The van der Waals surface area contributed by atoms with E-state index in [1.165, 1.54) is 11.1 Å². The molecule has 0 unspecified atom stereocenters. The highest BCUT2D eigenvalue weighted by molar-refractivity contribution is 5.35. The van der Waals surface area contributed by atoms with E-state index in [9.17, 15) is 4.79 Å². The van der Waals surface area contributed by atoms with E-state index < -0.39 is 0 Å². The average molecular weight is 299 g/mol. The second kappa shape index (κ2) is 5.93. The Balaban J connectivity index is 1.79. The van der Waals surface area contributed by atoms with E-state index in [0.717, 1.165) is 36.5 Å². The number of aromatic nitrogens is 2. The minimum atomic E-state index is -0.00125. The highest BCUT2D eigenvalue weighted by Crippen LogP contribution is 2.21. The van der Waals surface area contributed by atoms with Crippen LogP contribution >= 0.6 is 0 Å². The summed E-state index contributed by atoms with van der Waals surface area (Å²) in [6, 6.07) is 6.13. The van der Waals surface area contributed by atoms with Gasteiger partial charge in [-0.2, -0.15) is 0 Å². The van der Waals surface area contributed by atoms with Crippen molar-refractivity contribution in [2.45, 2.75) is 33.4 Å². The van der Waals surface area contributed by atoms with Gasteiger partial charge < -0.3 is 9.72 Å². The molecule has 2 heterocycles. The van der Waals surface area contributed by atoms with Crippen molar-refractivity contribution in [3.05, 3.63) is 56.8 Å². The average Bonchev–Trinajstić information content (AvgIpc) is 2.49. The van der Waals surface area contributed by atoms with Crippen LogP contribution in [0.25, 0.3) is 0 Å². The van der Waals surface area contributed by atoms with Gasteiger partial charge in [0.25, 0.3) is 5.56 Å². The molecule has 116 valence electrons. The maximum absolute atomic E-state index is 12.1. The molecule has 3 rings (SSSR count). The van der Waals surface area contributed by atoms with Gasteiger partial charge in [-0.05, 0) is 37.1 Å². The molecule has 0 atom stereocenters. The third-order valence-corrected chi connectivity index (χ3v) is 4.21. The summed E-state index contributed by atoms with van der Waals surface area (Å²) in [5.74, 6) is 1.57. The van der Waals surface area contributed by atoms with Gasteiger partial charge in [-0.15, -0.1) is 0 Å². The summed E-state index contributed by atoms with van der Waals surface area (Å²) >= 11 is 0. The van der Waals surface area contributed by atoms with Crippen molar-refractivity contribution in [2.24, 2.45) is 0 Å². The van der Waals surface area contributed by atoms with E-state index in [1.807, 2.05) is 19.1 Å². The molecule has 1 N–H and O–H groups in total. The van der Waals surface area contributed by atoms with Crippen molar-refractivity contribution in [3.63, 3.8) is 0 Å². The van der Waals surface area contributed by atoms with Crippen molar-refractivity contribution in [1.82, 2.24) is 14.9 Å². The monoisotopic (exact) mass is 299 g/mol. The molecule has 0 radical (unpaired) electrons. The summed E-state index contributed by atoms with van der Waals surface area (Å²) in [4.78, 5) is 21.6. The third-order valence-electron chi connectivity index (χ3n) is 4.21. The first-order valence-corrected chi connectivity index (χ1v) is 7.51. The van der Waals surface area contributed by atoms with Crippen LogP contribution in [0.2, 0.25) is 0 Å². The van der Waals surface area contributed by atoms with Crippen LogP contribution in [0.5, 0.6) is 5.75 Å². The number of methoxy groups -OCH3 is 1. The van der Waals surface area contributed by atoms with Crippen LogP contribution in [0.15, 0.2) is 23.0 Å². The fourth-order valence-electron chi connectivity index (χ4n) is 2.95. The van der Waals surface area contributed by atoms with Gasteiger partial charge in [0.1, 0.15) is 11.6 Å². The van der Waals surface area contributed by atoms with Gasteiger partial charge in [0.2, 0.25) is 0 Å². The normalized spacial score (nSPS) is 14.7. The smallest absolute Gasteiger partial charge is 0.255 e. The Hall–Kier alpha value is -2.14. The third kappa shape index (κ3) is 2.90. The summed E-state index contributed by atoms with van der Waals surface area (Å²) in [5, 5.41) is 0. The predicted octanol–water partition coefficient (Wildman–Crippen LogP) is 1.95. The van der Waals surface area contributed by atoms with Gasteiger partial charge in [-0.1, -0.05) is 6.07 Å². The Kier molecular flexibility index (Phi) is 3.98. The Bertz CT molecular complexity index is 752. The van der Waals surface area contributed by atoms with Gasteiger partial charge in [0.15, 0.2) is 0 Å². The summed E-state index contributed by atoms with van der Waals surface area (Å²) in [7, 11) is 1.68. The second-order valence-corrected chi connectivity index (χ2v) is 5.83. The Morgan fingerprint density at radius 3 is 2.91 bits per heavy atom. The van der Waals surface area contributed by atoms with Gasteiger partial charge >= 0.3 is 0 Å². The first kappa shape index (κ1) is 14.8. The first-order chi connectivity index (χ1) is 10.6. The van der Waals surface area contributed by atoms with Crippen molar-refractivity contribution in [2.75, 3.05) is 13.7 Å². The molecule has 0 aliphatic carbocycles. The number of H-pyrrole nitrogens is 1. The Labute approximate surface area is 130 Å². The molecule has 0 spiro atoms. The summed E-state index contributed by atoms with van der Waals surface area (Å²) in [5.41, 5.74) is 4.23. The Morgan fingerprint density at radius 1 is 1.36 bits per heavy atom. The number of rotatable bonds is 3. The molecule has 1 aliphatic rings. The number of hydrogen-bond donors (Lipinski definition) is 1. The van der Waals surface area contributed by atoms with E-state index in [-0.39, 0.29) is 5.56 Å². The molecular weight excluding hydrogens is 278 g/mol. The van der Waals surface area contributed by atoms with Crippen LogP contribution in [0.1, 0.15) is 28.2 Å². The van der Waals surface area contributed by atoms with E-state index in [4.69, 9.17) is 4.74 Å². The topological polar surface area (TPSA) is 58.2 Å². The lowest BCUT2D eigenvalue weighted by molar-refractivity contribution is 0.241. The largest absolute Gasteiger partial charge is 0.497 e. The lowest BCUT2D eigenvalue weighted by Gasteiger charge is -2.28. The lowest BCUT2D eigenvalue weighted by atomic mass is 10.0. The van der Waals surface area contributed by atoms with E-state index in [2.05, 4.69) is 27.9 Å². The lowest BCUT2D eigenvalue weighted by Crippen LogP contribution is -2.35. The standard InChI is InChI=1S/C17H21N3O2/c1-11-8-14(22-3)5-4-13(11)9-20-7-6-16-15(10-20)17(21)19-12(2)18-16/h4-5,8H,6-7,9-10H2,1-3H3,(H,18,19,21). The number of ether oxygens (including phenoxy) is 1. The fraction of sp³-hybridized carbons (Fsp3) is 0.412. The highest BCUT2D eigenvalue weighted by Gasteiger charge is 2.21. The molecule has 5 heteroatoms. The van der Waals surface area contributed by atoms with Crippen LogP contribution in [-0.2, 0) is 19.5 Å². The van der Waals surface area contributed by atoms with E-state index in [0.29, 0.717) is 12.4 Å². The highest BCUT2D eigenvalue weighted by atomic mass is 16.5. The van der Waals surface area contributed by atoms with Crippen molar-refractivity contribution in [1.29, 1.82) is 0 Å². The van der Waals surface area contributed by atoms with Crippen LogP contribution in [0.4, 0.5) is 0 Å². The summed E-state index contributed by atoms with van der Waals surface area (Å²) in [6.45, 7) is 6.34. The molecule has 0 saturated heterocycles. The molecule has 22 heavy (non-hydrogen) atoms. The van der Waals surface area contributed by atoms with E-state index in [1.54, 1.807) is 7.11 Å². The number of aromatic amines is 1. The molecular formula is C17H21N3O2. The quantitative estimate of drug-likeness (QED) is 0.941.